The first-order valence-electron chi connectivity index (χ1n) is 3.65. The monoisotopic (exact) mass is 124 g/mol. The van der Waals surface area contributed by atoms with Crippen LogP contribution in [0.4, 0.5) is 0 Å². The van der Waals surface area contributed by atoms with E-state index in [4.69, 9.17) is 0 Å². The minimum atomic E-state index is 1.08. The van der Waals surface area contributed by atoms with Gasteiger partial charge >= 0.3 is 0 Å². The van der Waals surface area contributed by atoms with Crippen LogP contribution >= 0.6 is 0 Å². The predicted molar refractivity (Wildman–Crippen MR) is 42.9 cm³/mol. The maximum absolute atomic E-state index is 3.77. The minimum Gasteiger partial charge on any atom is -0.0885 e. The predicted octanol–water partition coefficient (Wildman–Crippen LogP) is 3.16. The van der Waals surface area contributed by atoms with Gasteiger partial charge in [0.25, 0.3) is 0 Å². The lowest BCUT2D eigenvalue weighted by molar-refractivity contribution is 0.695. The summed E-state index contributed by atoms with van der Waals surface area (Å²) in [6, 6.07) is 0. The molecule has 0 aromatic heterocycles. The Morgan fingerprint density at radius 2 is 1.89 bits per heavy atom. The van der Waals surface area contributed by atoms with Crippen molar-refractivity contribution in [3.63, 3.8) is 0 Å². The lowest BCUT2D eigenvalue weighted by Gasteiger charge is -1.92. The molecule has 0 atom stereocenters. The van der Waals surface area contributed by atoms with Crippen LogP contribution in [0.3, 0.4) is 0 Å². The fourth-order valence-corrected chi connectivity index (χ4v) is 0.734. The molecule has 0 unspecified atom stereocenters. The molecule has 0 rings (SSSR count). The van der Waals surface area contributed by atoms with E-state index in [1.807, 2.05) is 6.08 Å². The summed E-state index contributed by atoms with van der Waals surface area (Å²) in [6.07, 6.45) is 10.1. The zero-order chi connectivity index (χ0) is 6.95. The minimum absolute atomic E-state index is 1.08. The molecule has 0 fully saturated rings. The second kappa shape index (κ2) is 7.74. The molecule has 0 N–H and O–H groups in total. The van der Waals surface area contributed by atoms with Gasteiger partial charge in [-0.2, -0.15) is 0 Å². The van der Waals surface area contributed by atoms with Crippen LogP contribution in [-0.4, -0.2) is 0 Å². The van der Waals surface area contributed by atoms with E-state index in [2.05, 4.69) is 19.9 Å². The molecule has 0 nitrogen and oxygen atoms in total. The Balaban J connectivity index is 2.75. The highest BCUT2D eigenvalue weighted by Crippen LogP contribution is 2.01. The lowest BCUT2D eigenvalue weighted by Crippen LogP contribution is -1.72. The lowest BCUT2D eigenvalue weighted by atomic mass is 10.1. The van der Waals surface area contributed by atoms with Crippen molar-refractivity contribution in [2.45, 2.75) is 32.1 Å². The summed E-state index contributed by atoms with van der Waals surface area (Å²) in [5, 5.41) is 0. The van der Waals surface area contributed by atoms with E-state index in [0.717, 1.165) is 6.42 Å². The van der Waals surface area contributed by atoms with Crippen LogP contribution in [0.25, 0.3) is 0 Å². The largest absolute Gasteiger partial charge is 0.0885 e. The molecule has 0 aliphatic heterocycles. The van der Waals surface area contributed by atoms with E-state index >= 15 is 0 Å². The summed E-state index contributed by atoms with van der Waals surface area (Å²) >= 11 is 0. The molecule has 0 heteroatoms. The van der Waals surface area contributed by atoms with E-state index in [9.17, 15) is 0 Å². The summed E-state index contributed by atoms with van der Waals surface area (Å²) < 4.78 is 0. The molecule has 0 aliphatic rings. The first kappa shape index (κ1) is 8.74. The Morgan fingerprint density at radius 1 is 1.11 bits per heavy atom. The summed E-state index contributed by atoms with van der Waals surface area (Å²) in [6.45, 7) is 7.38. The molecule has 0 saturated heterocycles. The van der Waals surface area contributed by atoms with Crippen molar-refractivity contribution < 1.29 is 0 Å². The molecule has 0 amide bonds. The molecule has 2 radical (unpaired) electrons. The van der Waals surface area contributed by atoms with Gasteiger partial charge in [0, 0.05) is 0 Å². The Hall–Kier alpha value is -0.260. The molecule has 0 heterocycles. The molecule has 0 aromatic carbocycles. The van der Waals surface area contributed by atoms with E-state index in [1.54, 1.807) is 0 Å². The van der Waals surface area contributed by atoms with Crippen LogP contribution in [0, 0.1) is 13.8 Å². The maximum atomic E-state index is 3.77. The second-order valence-electron chi connectivity index (χ2n) is 2.17. The first-order valence-corrected chi connectivity index (χ1v) is 3.65. The van der Waals surface area contributed by atoms with Gasteiger partial charge in [-0.25, -0.2) is 0 Å². The van der Waals surface area contributed by atoms with Gasteiger partial charge in [0.1, 0.15) is 0 Å². The molecule has 0 aromatic rings. The van der Waals surface area contributed by atoms with E-state index in [-0.39, 0.29) is 0 Å². The fourth-order valence-electron chi connectivity index (χ4n) is 0.734. The van der Waals surface area contributed by atoms with Crippen LogP contribution in [0.1, 0.15) is 32.1 Å². The molecular weight excluding hydrogens is 108 g/mol. The third kappa shape index (κ3) is 7.74. The standard InChI is InChI=1S/C9H16/c1-3-5-7-9-8-6-4-2/h3,5H,1-2,4,6-9H2/b5-3+. The van der Waals surface area contributed by atoms with E-state index in [0.29, 0.717) is 0 Å². The number of unbranched alkanes of at least 4 members (excludes halogenated alkanes) is 4. The van der Waals surface area contributed by atoms with E-state index < -0.39 is 0 Å². The van der Waals surface area contributed by atoms with Gasteiger partial charge in [-0.3, -0.25) is 0 Å². The van der Waals surface area contributed by atoms with Gasteiger partial charge in [-0.1, -0.05) is 38.3 Å². The van der Waals surface area contributed by atoms with Gasteiger partial charge in [0.05, 0.1) is 0 Å². The zero-order valence-corrected chi connectivity index (χ0v) is 6.10. The highest BCUT2D eigenvalue weighted by atomic mass is 13.9. The van der Waals surface area contributed by atoms with Crippen molar-refractivity contribution in [3.05, 3.63) is 26.0 Å². The Morgan fingerprint density at radius 3 is 2.44 bits per heavy atom. The first-order chi connectivity index (χ1) is 4.41. The van der Waals surface area contributed by atoms with Crippen LogP contribution < -0.4 is 0 Å². The number of hydrogen-bond acceptors (Lipinski definition) is 0. The normalized spacial score (nSPS) is 10.9. The van der Waals surface area contributed by atoms with Crippen LogP contribution in [0.5, 0.6) is 0 Å². The van der Waals surface area contributed by atoms with Crippen LogP contribution in [0.15, 0.2) is 12.2 Å². The topological polar surface area (TPSA) is 0 Å². The van der Waals surface area contributed by atoms with Crippen molar-refractivity contribution in [1.29, 1.82) is 0 Å². The highest BCUT2D eigenvalue weighted by molar-refractivity contribution is 4.83. The third-order valence-electron chi connectivity index (χ3n) is 1.29. The van der Waals surface area contributed by atoms with Gasteiger partial charge in [0.2, 0.25) is 0 Å². The maximum Gasteiger partial charge on any atom is -0.0316 e. The SMILES string of the molecule is [CH2]/C=C/CCCCC[CH2]. The van der Waals surface area contributed by atoms with Crippen molar-refractivity contribution in [2.75, 3.05) is 0 Å². The van der Waals surface area contributed by atoms with Crippen molar-refractivity contribution >= 4 is 0 Å². The summed E-state index contributed by atoms with van der Waals surface area (Å²) in [5.41, 5.74) is 0. The number of allylic oxidation sites excluding steroid dienone is 2. The Kier molecular flexibility index (Phi) is 7.52. The second-order valence-corrected chi connectivity index (χ2v) is 2.17. The van der Waals surface area contributed by atoms with Gasteiger partial charge in [-0.05, 0) is 19.8 Å². The van der Waals surface area contributed by atoms with E-state index in [1.165, 1.54) is 25.7 Å². The van der Waals surface area contributed by atoms with Gasteiger partial charge < -0.3 is 0 Å². The molecule has 52 valence electrons. The average Bonchev–Trinajstić information content (AvgIpc) is 1.89. The molecule has 9 heavy (non-hydrogen) atoms. The number of hydrogen-bond donors (Lipinski definition) is 0. The van der Waals surface area contributed by atoms with Crippen molar-refractivity contribution in [3.8, 4) is 0 Å². The Labute approximate surface area is 59.0 Å². The van der Waals surface area contributed by atoms with Crippen molar-refractivity contribution in [2.24, 2.45) is 0 Å². The molecule has 0 spiro atoms. The quantitative estimate of drug-likeness (QED) is 0.494. The highest BCUT2D eigenvalue weighted by Gasteiger charge is 1.82. The molecule has 0 saturated carbocycles. The summed E-state index contributed by atoms with van der Waals surface area (Å²) in [5.74, 6) is 0. The molecule has 0 bridgehead atoms. The van der Waals surface area contributed by atoms with Crippen LogP contribution in [0.2, 0.25) is 0 Å². The molecular formula is C9H16. The number of rotatable bonds is 5. The average molecular weight is 124 g/mol. The van der Waals surface area contributed by atoms with Gasteiger partial charge in [0.15, 0.2) is 0 Å². The third-order valence-corrected chi connectivity index (χ3v) is 1.29. The zero-order valence-electron chi connectivity index (χ0n) is 6.10. The van der Waals surface area contributed by atoms with Crippen molar-refractivity contribution in [1.82, 2.24) is 0 Å². The summed E-state index contributed by atoms with van der Waals surface area (Å²) in [4.78, 5) is 0. The smallest absolute Gasteiger partial charge is 0.0316 e. The Bertz CT molecular complexity index is 62.4. The van der Waals surface area contributed by atoms with Gasteiger partial charge in [-0.15, -0.1) is 0 Å². The summed E-state index contributed by atoms with van der Waals surface area (Å²) in [7, 11) is 0. The van der Waals surface area contributed by atoms with Crippen LogP contribution in [-0.2, 0) is 0 Å². The molecule has 0 aliphatic carbocycles. The fraction of sp³-hybridized carbons (Fsp3) is 0.556.